The zero-order chi connectivity index (χ0) is 18.6. The highest BCUT2D eigenvalue weighted by molar-refractivity contribution is 6.31. The van der Waals surface area contributed by atoms with Crippen LogP contribution in [0.3, 0.4) is 0 Å². The van der Waals surface area contributed by atoms with Crippen LogP contribution < -0.4 is 5.56 Å². The van der Waals surface area contributed by atoms with Gasteiger partial charge in [-0.3, -0.25) is 14.7 Å². The summed E-state index contributed by atoms with van der Waals surface area (Å²) >= 11 is 6.28. The predicted molar refractivity (Wildman–Crippen MR) is 107 cm³/mol. The van der Waals surface area contributed by atoms with Gasteiger partial charge in [0.05, 0.1) is 5.69 Å². The third kappa shape index (κ3) is 4.26. The topological polar surface area (TPSA) is 61.9 Å². The number of benzene rings is 1. The number of aromatic nitrogens is 3. The summed E-state index contributed by atoms with van der Waals surface area (Å²) in [6.45, 7) is 2.79. The molecule has 0 saturated carbocycles. The molecule has 1 aromatic carbocycles. The summed E-state index contributed by atoms with van der Waals surface area (Å²) in [5.41, 5.74) is 2.74. The number of H-pyrrole nitrogens is 1. The Balaban J connectivity index is 1.46. The number of nitrogens with zero attached hydrogens (tertiary/aromatic N) is 3. The van der Waals surface area contributed by atoms with Crippen LogP contribution in [0.2, 0.25) is 5.02 Å². The molecule has 27 heavy (non-hydrogen) atoms. The number of rotatable bonds is 4. The van der Waals surface area contributed by atoms with E-state index in [1.807, 2.05) is 30.3 Å². The maximum Gasteiger partial charge on any atom is 0.251 e. The summed E-state index contributed by atoms with van der Waals surface area (Å²) in [7, 11) is 0. The lowest BCUT2D eigenvalue weighted by molar-refractivity contribution is 0.203. The molecule has 0 bridgehead atoms. The minimum absolute atomic E-state index is 0.114. The Morgan fingerprint density at radius 1 is 1.15 bits per heavy atom. The second kappa shape index (κ2) is 8.03. The Bertz CT molecular complexity index is 965. The standard InChI is InChI=1S/C21H21ClN4O/c22-18-6-2-1-4-17(18)14-26-10-7-15(8-11-26)19-12-20(27)25-21(24-19)16-5-3-9-23-13-16/h1-6,9,12-13,15H,7-8,10-11,14H2,(H,24,25,27). The van der Waals surface area contributed by atoms with Crippen molar-refractivity contribution >= 4 is 11.6 Å². The van der Waals surface area contributed by atoms with Crippen LogP contribution >= 0.6 is 11.6 Å². The van der Waals surface area contributed by atoms with Gasteiger partial charge in [0.2, 0.25) is 0 Å². The van der Waals surface area contributed by atoms with Crippen molar-refractivity contribution in [2.45, 2.75) is 25.3 Å². The fraction of sp³-hybridized carbons (Fsp3) is 0.286. The lowest BCUT2D eigenvalue weighted by Gasteiger charge is -2.31. The summed E-state index contributed by atoms with van der Waals surface area (Å²) < 4.78 is 0. The minimum Gasteiger partial charge on any atom is -0.306 e. The first kappa shape index (κ1) is 17.9. The lowest BCUT2D eigenvalue weighted by atomic mass is 9.93. The van der Waals surface area contributed by atoms with Crippen molar-refractivity contribution in [1.82, 2.24) is 19.9 Å². The largest absolute Gasteiger partial charge is 0.306 e. The van der Waals surface area contributed by atoms with Crippen LogP contribution in [-0.2, 0) is 6.54 Å². The van der Waals surface area contributed by atoms with Gasteiger partial charge in [-0.1, -0.05) is 29.8 Å². The molecule has 5 nitrogen and oxygen atoms in total. The Labute approximate surface area is 163 Å². The number of pyridine rings is 1. The van der Waals surface area contributed by atoms with Gasteiger partial charge in [0.25, 0.3) is 5.56 Å². The Hall–Kier alpha value is -2.50. The van der Waals surface area contributed by atoms with Crippen molar-refractivity contribution < 1.29 is 0 Å². The molecule has 1 saturated heterocycles. The molecule has 0 spiro atoms. The quantitative estimate of drug-likeness (QED) is 0.746. The van der Waals surface area contributed by atoms with E-state index < -0.39 is 0 Å². The fourth-order valence-corrected chi connectivity index (χ4v) is 3.77. The van der Waals surface area contributed by atoms with Gasteiger partial charge in [-0.15, -0.1) is 0 Å². The predicted octanol–water partition coefficient (Wildman–Crippen LogP) is 3.86. The summed E-state index contributed by atoms with van der Waals surface area (Å²) in [6, 6.07) is 13.4. The van der Waals surface area contributed by atoms with Crippen molar-refractivity contribution in [3.63, 3.8) is 0 Å². The van der Waals surface area contributed by atoms with Gasteiger partial charge >= 0.3 is 0 Å². The van der Waals surface area contributed by atoms with E-state index in [1.165, 1.54) is 0 Å². The first-order valence-electron chi connectivity index (χ1n) is 9.16. The molecule has 0 unspecified atom stereocenters. The molecule has 6 heteroatoms. The summed E-state index contributed by atoms with van der Waals surface area (Å²) in [4.78, 5) is 26.2. The molecule has 0 radical (unpaired) electrons. The summed E-state index contributed by atoms with van der Waals surface area (Å²) in [6.07, 6.45) is 5.38. The first-order valence-corrected chi connectivity index (χ1v) is 9.54. The lowest BCUT2D eigenvalue weighted by Crippen LogP contribution is -2.33. The number of hydrogen-bond donors (Lipinski definition) is 1. The minimum atomic E-state index is -0.114. The van der Waals surface area contributed by atoms with Crippen molar-refractivity contribution in [3.8, 4) is 11.4 Å². The molecule has 1 fully saturated rings. The third-order valence-electron chi connectivity index (χ3n) is 5.05. The highest BCUT2D eigenvalue weighted by Crippen LogP contribution is 2.28. The molecule has 0 aliphatic carbocycles. The number of hydrogen-bond acceptors (Lipinski definition) is 4. The second-order valence-electron chi connectivity index (χ2n) is 6.90. The average molecular weight is 381 g/mol. The molecule has 1 N–H and O–H groups in total. The molecule has 4 rings (SSSR count). The second-order valence-corrected chi connectivity index (χ2v) is 7.31. The summed E-state index contributed by atoms with van der Waals surface area (Å²) in [5, 5.41) is 0.817. The van der Waals surface area contributed by atoms with Gasteiger partial charge in [-0.2, -0.15) is 0 Å². The van der Waals surface area contributed by atoms with Crippen molar-refractivity contribution in [3.05, 3.63) is 81.5 Å². The van der Waals surface area contributed by atoms with E-state index >= 15 is 0 Å². The SMILES string of the molecule is O=c1cc(C2CCN(Cc3ccccc3Cl)CC2)nc(-c2cccnc2)[nH]1. The zero-order valence-corrected chi connectivity index (χ0v) is 15.7. The van der Waals surface area contributed by atoms with Crippen molar-refractivity contribution in [2.75, 3.05) is 13.1 Å². The van der Waals surface area contributed by atoms with Crippen LogP contribution in [0.4, 0.5) is 0 Å². The smallest absolute Gasteiger partial charge is 0.251 e. The number of nitrogens with one attached hydrogen (secondary N) is 1. The van der Waals surface area contributed by atoms with E-state index in [1.54, 1.807) is 18.5 Å². The van der Waals surface area contributed by atoms with Crippen LogP contribution in [0.25, 0.3) is 11.4 Å². The maximum absolute atomic E-state index is 12.1. The highest BCUT2D eigenvalue weighted by Gasteiger charge is 2.23. The van der Waals surface area contributed by atoms with Gasteiger partial charge in [0.15, 0.2) is 0 Å². The maximum atomic E-state index is 12.1. The van der Waals surface area contributed by atoms with Crippen LogP contribution in [0.15, 0.2) is 59.7 Å². The molecule has 1 aliphatic rings. The molecule has 138 valence electrons. The Morgan fingerprint density at radius 2 is 1.96 bits per heavy atom. The molecule has 2 aromatic heterocycles. The van der Waals surface area contributed by atoms with Crippen molar-refractivity contribution in [1.29, 1.82) is 0 Å². The average Bonchev–Trinajstić information content (AvgIpc) is 2.70. The number of aromatic amines is 1. The van der Waals surface area contributed by atoms with E-state index in [0.29, 0.717) is 11.7 Å². The van der Waals surface area contributed by atoms with E-state index in [2.05, 4.69) is 20.9 Å². The molecular formula is C21H21ClN4O. The van der Waals surface area contributed by atoms with E-state index in [4.69, 9.17) is 16.6 Å². The molecule has 0 atom stereocenters. The van der Waals surface area contributed by atoms with Gasteiger partial charge in [0.1, 0.15) is 5.82 Å². The highest BCUT2D eigenvalue weighted by atomic mass is 35.5. The number of likely N-dealkylation sites (tertiary alicyclic amines) is 1. The number of halogens is 1. The van der Waals surface area contributed by atoms with Crippen LogP contribution in [0, 0.1) is 0 Å². The summed E-state index contributed by atoms with van der Waals surface area (Å²) in [5.74, 6) is 0.884. The van der Waals surface area contributed by atoms with Gasteiger partial charge < -0.3 is 4.98 Å². The molecular weight excluding hydrogens is 360 g/mol. The molecule has 3 heterocycles. The van der Waals surface area contributed by atoms with E-state index in [0.717, 1.165) is 54.3 Å². The van der Waals surface area contributed by atoms with Crippen LogP contribution in [0.5, 0.6) is 0 Å². The molecule has 1 aliphatic heterocycles. The van der Waals surface area contributed by atoms with Crippen molar-refractivity contribution in [2.24, 2.45) is 0 Å². The van der Waals surface area contributed by atoms with Crippen LogP contribution in [0.1, 0.15) is 30.0 Å². The van der Waals surface area contributed by atoms with E-state index in [9.17, 15) is 4.79 Å². The van der Waals surface area contributed by atoms with Gasteiger partial charge in [-0.05, 0) is 49.7 Å². The Morgan fingerprint density at radius 3 is 2.70 bits per heavy atom. The normalized spacial score (nSPS) is 15.7. The Kier molecular flexibility index (Phi) is 5.32. The fourth-order valence-electron chi connectivity index (χ4n) is 3.58. The first-order chi connectivity index (χ1) is 13.2. The molecule has 0 amide bonds. The van der Waals surface area contributed by atoms with Gasteiger partial charge in [0, 0.05) is 41.5 Å². The third-order valence-corrected chi connectivity index (χ3v) is 5.42. The van der Waals surface area contributed by atoms with Gasteiger partial charge in [-0.25, -0.2) is 4.98 Å². The number of piperidine rings is 1. The van der Waals surface area contributed by atoms with Crippen LogP contribution in [-0.4, -0.2) is 32.9 Å². The monoisotopic (exact) mass is 380 g/mol. The zero-order valence-electron chi connectivity index (χ0n) is 14.9. The van der Waals surface area contributed by atoms with E-state index in [-0.39, 0.29) is 5.56 Å². The molecule has 3 aromatic rings.